The summed E-state index contributed by atoms with van der Waals surface area (Å²) in [6, 6.07) is 8.19. The molecule has 1 aromatic carbocycles. The van der Waals surface area contributed by atoms with Crippen LogP contribution in [-0.2, 0) is 0 Å². The molecule has 1 heterocycles. The smallest absolute Gasteiger partial charge is 0.313 e. The monoisotopic (exact) mass is 201 g/mol. The molecule has 0 aliphatic rings. The summed E-state index contributed by atoms with van der Waals surface area (Å²) in [5.41, 5.74) is 7.60. The van der Waals surface area contributed by atoms with Crippen LogP contribution in [0, 0.1) is 6.92 Å². The molecule has 1 aromatic heterocycles. The summed E-state index contributed by atoms with van der Waals surface area (Å²) in [5, 5.41) is 7.28. The van der Waals surface area contributed by atoms with Gasteiger partial charge in [0.1, 0.15) is 0 Å². The summed E-state index contributed by atoms with van der Waals surface area (Å²) in [7, 11) is 0. The third kappa shape index (κ3) is 2.43. The molecule has 4 heteroatoms. The van der Waals surface area contributed by atoms with E-state index in [1.165, 1.54) is 5.56 Å². The molecule has 4 nitrogen and oxygen atoms in total. The van der Waals surface area contributed by atoms with E-state index in [4.69, 9.17) is 10.2 Å². The molecular weight excluding hydrogens is 190 g/mol. The predicted octanol–water partition coefficient (Wildman–Crippen LogP) is 2.13. The van der Waals surface area contributed by atoms with Crippen LogP contribution < -0.4 is 5.73 Å². The molecule has 0 spiro atoms. The molecule has 0 fully saturated rings. The van der Waals surface area contributed by atoms with Gasteiger partial charge in [0.15, 0.2) is 0 Å². The second kappa shape index (κ2) is 3.96. The molecule has 0 atom stereocenters. The topological polar surface area (TPSA) is 64.9 Å². The number of nitrogens with zero attached hydrogens (tertiary/aromatic N) is 2. The van der Waals surface area contributed by atoms with Crippen molar-refractivity contribution in [1.82, 2.24) is 10.2 Å². The lowest BCUT2D eigenvalue weighted by molar-refractivity contribution is 0.563. The lowest BCUT2D eigenvalue weighted by Gasteiger charge is -1.93. The highest BCUT2D eigenvalue weighted by Gasteiger charge is 1.96. The molecule has 0 amide bonds. The molecule has 0 radical (unpaired) electrons. The Hall–Kier alpha value is -2.10. The summed E-state index contributed by atoms with van der Waals surface area (Å²) in [6.45, 7) is 2.04. The molecule has 0 saturated carbocycles. The van der Waals surface area contributed by atoms with Gasteiger partial charge in [-0.05, 0) is 18.6 Å². The zero-order valence-corrected chi connectivity index (χ0v) is 8.34. The summed E-state index contributed by atoms with van der Waals surface area (Å²) in [5.74, 6) is 0.411. The van der Waals surface area contributed by atoms with Crippen molar-refractivity contribution in [1.29, 1.82) is 0 Å². The van der Waals surface area contributed by atoms with E-state index in [1.54, 1.807) is 6.08 Å². The number of aryl methyl sites for hydroxylation is 1. The Labute approximate surface area is 87.4 Å². The van der Waals surface area contributed by atoms with Crippen molar-refractivity contribution in [3.05, 3.63) is 41.3 Å². The third-order valence-corrected chi connectivity index (χ3v) is 1.92. The van der Waals surface area contributed by atoms with Crippen LogP contribution in [0.1, 0.15) is 17.0 Å². The van der Waals surface area contributed by atoms with Gasteiger partial charge in [-0.3, -0.25) is 0 Å². The fourth-order valence-electron chi connectivity index (χ4n) is 1.26. The normalized spacial score (nSPS) is 11.0. The molecule has 0 aliphatic heterocycles. The summed E-state index contributed by atoms with van der Waals surface area (Å²) in [6.07, 6.45) is 3.64. The minimum absolute atomic E-state index is 0.0823. The van der Waals surface area contributed by atoms with Crippen molar-refractivity contribution in [2.75, 3.05) is 5.73 Å². The van der Waals surface area contributed by atoms with Gasteiger partial charge in [0, 0.05) is 6.08 Å². The standard InChI is InChI=1S/C11H11N3O/c1-8-3-2-4-9(7-8)5-6-10-13-14-11(12)15-10/h2-7H,1H3,(H2,12,14)/b6-5+. The molecule has 2 N–H and O–H groups in total. The Morgan fingerprint density at radius 1 is 1.27 bits per heavy atom. The van der Waals surface area contributed by atoms with E-state index in [-0.39, 0.29) is 6.01 Å². The van der Waals surface area contributed by atoms with E-state index in [0.29, 0.717) is 5.89 Å². The van der Waals surface area contributed by atoms with Crippen LogP contribution in [0.25, 0.3) is 12.2 Å². The number of benzene rings is 1. The van der Waals surface area contributed by atoms with Crippen molar-refractivity contribution >= 4 is 18.2 Å². The van der Waals surface area contributed by atoms with Gasteiger partial charge < -0.3 is 10.2 Å². The third-order valence-electron chi connectivity index (χ3n) is 1.92. The van der Waals surface area contributed by atoms with Crippen molar-refractivity contribution in [3.8, 4) is 0 Å². The first-order valence-electron chi connectivity index (χ1n) is 4.58. The average molecular weight is 201 g/mol. The maximum absolute atomic E-state index is 5.30. The number of aromatic nitrogens is 2. The first kappa shape index (κ1) is 9.45. The van der Waals surface area contributed by atoms with Crippen molar-refractivity contribution in [2.24, 2.45) is 0 Å². The minimum atomic E-state index is 0.0823. The van der Waals surface area contributed by atoms with Crippen LogP contribution in [0.4, 0.5) is 6.01 Å². The lowest BCUT2D eigenvalue weighted by Crippen LogP contribution is -1.81. The Balaban J connectivity index is 2.18. The van der Waals surface area contributed by atoms with Crippen LogP contribution in [0.3, 0.4) is 0 Å². The molecule has 0 aliphatic carbocycles. The van der Waals surface area contributed by atoms with E-state index in [1.807, 2.05) is 31.2 Å². The molecule has 0 bridgehead atoms. The van der Waals surface area contributed by atoms with Crippen LogP contribution in [0.5, 0.6) is 0 Å². The maximum Gasteiger partial charge on any atom is 0.313 e. The van der Waals surface area contributed by atoms with E-state index >= 15 is 0 Å². The van der Waals surface area contributed by atoms with E-state index in [2.05, 4.69) is 16.3 Å². The van der Waals surface area contributed by atoms with Crippen LogP contribution in [0.15, 0.2) is 28.7 Å². The molecule has 2 aromatic rings. The SMILES string of the molecule is Cc1cccc(/C=C/c2nnc(N)o2)c1. The number of nitrogens with two attached hydrogens (primary N) is 1. The maximum atomic E-state index is 5.30. The molecule has 0 saturated heterocycles. The Bertz CT molecular complexity index is 488. The number of nitrogen functional groups attached to an aromatic ring is 1. The average Bonchev–Trinajstić information content (AvgIpc) is 2.62. The highest BCUT2D eigenvalue weighted by atomic mass is 16.4. The zero-order chi connectivity index (χ0) is 10.7. The second-order valence-corrected chi connectivity index (χ2v) is 3.23. The molecule has 0 unspecified atom stereocenters. The zero-order valence-electron chi connectivity index (χ0n) is 8.34. The van der Waals surface area contributed by atoms with Crippen molar-refractivity contribution in [3.63, 3.8) is 0 Å². The van der Waals surface area contributed by atoms with Crippen LogP contribution in [-0.4, -0.2) is 10.2 Å². The van der Waals surface area contributed by atoms with Gasteiger partial charge in [0.05, 0.1) is 0 Å². The minimum Gasteiger partial charge on any atom is -0.404 e. The largest absolute Gasteiger partial charge is 0.404 e. The van der Waals surface area contributed by atoms with Gasteiger partial charge in [-0.15, -0.1) is 5.10 Å². The summed E-state index contributed by atoms with van der Waals surface area (Å²) >= 11 is 0. The first-order chi connectivity index (χ1) is 7.24. The Kier molecular flexibility index (Phi) is 2.49. The van der Waals surface area contributed by atoms with Gasteiger partial charge in [-0.2, -0.15) is 0 Å². The first-order valence-corrected chi connectivity index (χ1v) is 4.58. The van der Waals surface area contributed by atoms with E-state index in [9.17, 15) is 0 Å². The van der Waals surface area contributed by atoms with Crippen LogP contribution >= 0.6 is 0 Å². The number of rotatable bonds is 2. The van der Waals surface area contributed by atoms with Gasteiger partial charge in [0.25, 0.3) is 0 Å². The van der Waals surface area contributed by atoms with Gasteiger partial charge in [-0.1, -0.05) is 34.9 Å². The van der Waals surface area contributed by atoms with E-state index in [0.717, 1.165) is 5.56 Å². The van der Waals surface area contributed by atoms with Gasteiger partial charge in [-0.25, -0.2) is 0 Å². The molecular formula is C11H11N3O. The predicted molar refractivity (Wildman–Crippen MR) is 58.8 cm³/mol. The number of hydrogen-bond acceptors (Lipinski definition) is 4. The molecule has 15 heavy (non-hydrogen) atoms. The molecule has 2 rings (SSSR count). The van der Waals surface area contributed by atoms with Crippen molar-refractivity contribution in [2.45, 2.75) is 6.92 Å². The quantitative estimate of drug-likeness (QED) is 0.808. The molecule has 76 valence electrons. The fraction of sp³-hybridized carbons (Fsp3) is 0.0909. The van der Waals surface area contributed by atoms with Crippen LogP contribution in [0.2, 0.25) is 0 Å². The Morgan fingerprint density at radius 2 is 2.13 bits per heavy atom. The summed E-state index contributed by atoms with van der Waals surface area (Å²) < 4.78 is 5.00. The van der Waals surface area contributed by atoms with Gasteiger partial charge in [0.2, 0.25) is 5.89 Å². The number of hydrogen-bond donors (Lipinski definition) is 1. The second-order valence-electron chi connectivity index (χ2n) is 3.23. The van der Waals surface area contributed by atoms with Gasteiger partial charge >= 0.3 is 6.01 Å². The van der Waals surface area contributed by atoms with E-state index < -0.39 is 0 Å². The highest BCUT2D eigenvalue weighted by molar-refractivity contribution is 5.66. The highest BCUT2D eigenvalue weighted by Crippen LogP contribution is 2.09. The number of anilines is 1. The lowest BCUT2D eigenvalue weighted by atomic mass is 10.1. The summed E-state index contributed by atoms with van der Waals surface area (Å²) in [4.78, 5) is 0. The fourth-order valence-corrected chi connectivity index (χ4v) is 1.26. The Morgan fingerprint density at radius 3 is 2.80 bits per heavy atom. The van der Waals surface area contributed by atoms with Crippen molar-refractivity contribution < 1.29 is 4.42 Å².